The third-order valence-electron chi connectivity index (χ3n) is 6.87. The molecule has 1 saturated heterocycles. The molecule has 3 aromatic rings. The first-order valence-corrected chi connectivity index (χ1v) is 12.8. The second-order valence-corrected chi connectivity index (χ2v) is 10.5. The molecule has 7 nitrogen and oxygen atoms in total. The molecule has 1 amide bonds. The van der Waals surface area contributed by atoms with E-state index in [2.05, 4.69) is 0 Å². The summed E-state index contributed by atoms with van der Waals surface area (Å²) in [6, 6.07) is 18.1. The summed E-state index contributed by atoms with van der Waals surface area (Å²) in [5.74, 6) is -1.63. The molecule has 1 heterocycles. The number of rotatable bonds is 6. The SMILES string of the molecule is CCOC(=O)c1ccc(N2C(=O)C(=O)/C(=C(/O)c3ccc(OC)c(C(C)(C)C)c3)C2c2ccccc2C)cc1. The Morgan fingerprint density at radius 1 is 0.974 bits per heavy atom. The maximum atomic E-state index is 13.6. The molecule has 0 spiro atoms. The number of hydrogen-bond donors (Lipinski definition) is 1. The number of anilines is 1. The topological polar surface area (TPSA) is 93.1 Å². The molecular formula is C32H33NO6. The summed E-state index contributed by atoms with van der Waals surface area (Å²) in [6.07, 6.45) is 0. The molecule has 7 heteroatoms. The molecule has 0 aliphatic carbocycles. The van der Waals surface area contributed by atoms with E-state index in [-0.39, 0.29) is 23.4 Å². The van der Waals surface area contributed by atoms with E-state index >= 15 is 0 Å². The van der Waals surface area contributed by atoms with Crippen LogP contribution < -0.4 is 9.64 Å². The van der Waals surface area contributed by atoms with Crippen molar-refractivity contribution < 1.29 is 29.0 Å². The number of carbonyl (C=O) groups is 3. The molecule has 0 aromatic heterocycles. The van der Waals surface area contributed by atoms with Gasteiger partial charge in [0.25, 0.3) is 11.7 Å². The molecule has 3 aromatic carbocycles. The first kappa shape index (κ1) is 27.6. The van der Waals surface area contributed by atoms with Crippen molar-refractivity contribution in [1.82, 2.24) is 0 Å². The highest BCUT2D eigenvalue weighted by Crippen LogP contribution is 2.44. The third-order valence-corrected chi connectivity index (χ3v) is 6.87. The molecule has 0 saturated carbocycles. The highest BCUT2D eigenvalue weighted by atomic mass is 16.5. The van der Waals surface area contributed by atoms with Crippen molar-refractivity contribution in [2.24, 2.45) is 0 Å². The number of aliphatic hydroxyl groups is 1. The fraction of sp³-hybridized carbons (Fsp3) is 0.281. The van der Waals surface area contributed by atoms with Crippen LogP contribution in [-0.2, 0) is 19.7 Å². The van der Waals surface area contributed by atoms with E-state index in [9.17, 15) is 19.5 Å². The van der Waals surface area contributed by atoms with E-state index in [4.69, 9.17) is 9.47 Å². The molecule has 1 aliphatic rings. The van der Waals surface area contributed by atoms with Crippen LogP contribution in [0.4, 0.5) is 5.69 Å². The van der Waals surface area contributed by atoms with E-state index in [1.165, 1.54) is 4.90 Å². The Labute approximate surface area is 228 Å². The van der Waals surface area contributed by atoms with E-state index in [1.54, 1.807) is 56.5 Å². The quantitative estimate of drug-likeness (QED) is 0.180. The summed E-state index contributed by atoms with van der Waals surface area (Å²) in [5.41, 5.74) is 3.27. The van der Waals surface area contributed by atoms with Gasteiger partial charge in [0.15, 0.2) is 0 Å². The molecule has 202 valence electrons. The van der Waals surface area contributed by atoms with Gasteiger partial charge in [-0.2, -0.15) is 0 Å². The maximum Gasteiger partial charge on any atom is 0.338 e. The van der Waals surface area contributed by atoms with Crippen LogP contribution in [0, 0.1) is 6.92 Å². The van der Waals surface area contributed by atoms with Crippen LogP contribution in [0.15, 0.2) is 72.3 Å². The number of esters is 1. The van der Waals surface area contributed by atoms with Crippen LogP contribution in [-0.4, -0.2) is 36.5 Å². The fourth-order valence-corrected chi connectivity index (χ4v) is 4.86. The number of methoxy groups -OCH3 is 1. The minimum Gasteiger partial charge on any atom is -0.507 e. The summed E-state index contributed by atoms with van der Waals surface area (Å²) in [5, 5.41) is 11.6. The van der Waals surface area contributed by atoms with Gasteiger partial charge >= 0.3 is 5.97 Å². The van der Waals surface area contributed by atoms with Crippen LogP contribution in [0.25, 0.3) is 5.76 Å². The van der Waals surface area contributed by atoms with Gasteiger partial charge in [0, 0.05) is 16.8 Å². The zero-order chi connectivity index (χ0) is 28.5. The van der Waals surface area contributed by atoms with Crippen LogP contribution in [0.2, 0.25) is 0 Å². The number of nitrogens with zero attached hydrogens (tertiary/aromatic N) is 1. The Balaban J connectivity index is 1.91. The second kappa shape index (κ2) is 10.8. The number of carbonyl (C=O) groups excluding carboxylic acids is 3. The zero-order valence-corrected chi connectivity index (χ0v) is 23.1. The van der Waals surface area contributed by atoms with E-state index in [1.807, 2.05) is 52.0 Å². The third kappa shape index (κ3) is 5.17. The Kier molecular flexibility index (Phi) is 7.63. The van der Waals surface area contributed by atoms with Crippen molar-refractivity contribution in [3.63, 3.8) is 0 Å². The molecule has 1 fully saturated rings. The normalized spacial score (nSPS) is 16.9. The second-order valence-electron chi connectivity index (χ2n) is 10.5. The molecular weight excluding hydrogens is 494 g/mol. The summed E-state index contributed by atoms with van der Waals surface area (Å²) >= 11 is 0. The van der Waals surface area contributed by atoms with E-state index in [0.29, 0.717) is 28.1 Å². The zero-order valence-electron chi connectivity index (χ0n) is 23.1. The van der Waals surface area contributed by atoms with E-state index < -0.39 is 23.7 Å². The number of amides is 1. The van der Waals surface area contributed by atoms with Gasteiger partial charge in [-0.25, -0.2) is 4.79 Å². The fourth-order valence-electron chi connectivity index (χ4n) is 4.86. The number of ether oxygens (including phenoxy) is 2. The molecule has 0 radical (unpaired) electrons. The van der Waals surface area contributed by atoms with Crippen molar-refractivity contribution in [3.8, 4) is 5.75 Å². The number of aryl methyl sites for hydroxylation is 1. The first-order valence-electron chi connectivity index (χ1n) is 12.8. The average Bonchev–Trinajstić information content (AvgIpc) is 3.17. The van der Waals surface area contributed by atoms with Crippen LogP contribution >= 0.6 is 0 Å². The van der Waals surface area contributed by atoms with Gasteiger partial charge in [0.1, 0.15) is 11.5 Å². The van der Waals surface area contributed by atoms with Crippen molar-refractivity contribution in [2.75, 3.05) is 18.6 Å². The number of aliphatic hydroxyl groups excluding tert-OH is 1. The van der Waals surface area contributed by atoms with Crippen molar-refractivity contribution in [2.45, 2.75) is 46.1 Å². The number of hydrogen-bond acceptors (Lipinski definition) is 6. The van der Waals surface area contributed by atoms with Gasteiger partial charge in [0.2, 0.25) is 0 Å². The summed E-state index contributed by atoms with van der Waals surface area (Å²) in [4.78, 5) is 40.6. The standard InChI is InChI=1S/C32H33NO6/c1-7-39-31(37)20-12-15-22(16-13-20)33-27(23-11-9-8-10-19(23)2)26(29(35)30(33)36)28(34)21-14-17-25(38-6)24(18-21)32(3,4)5/h8-18,27,34H,7H2,1-6H3/b28-26+. The maximum absolute atomic E-state index is 13.6. The molecule has 1 atom stereocenters. The lowest BCUT2D eigenvalue weighted by atomic mass is 9.84. The minimum absolute atomic E-state index is 0.00575. The Hall–Kier alpha value is -4.39. The monoisotopic (exact) mass is 527 g/mol. The van der Waals surface area contributed by atoms with Crippen LogP contribution in [0.1, 0.15) is 66.3 Å². The lowest BCUT2D eigenvalue weighted by Gasteiger charge is -2.27. The minimum atomic E-state index is -0.875. The average molecular weight is 528 g/mol. The number of Topliss-reactive ketones (excluding diaryl/α,β-unsaturated/α-hetero) is 1. The summed E-state index contributed by atoms with van der Waals surface area (Å²) < 4.78 is 10.6. The Morgan fingerprint density at radius 2 is 1.62 bits per heavy atom. The van der Waals surface area contributed by atoms with Gasteiger partial charge in [-0.1, -0.05) is 45.0 Å². The highest BCUT2D eigenvalue weighted by Gasteiger charge is 2.47. The van der Waals surface area contributed by atoms with Crippen molar-refractivity contribution >= 4 is 29.1 Å². The van der Waals surface area contributed by atoms with E-state index in [0.717, 1.165) is 11.1 Å². The van der Waals surface area contributed by atoms with Crippen molar-refractivity contribution in [3.05, 3.63) is 100 Å². The highest BCUT2D eigenvalue weighted by molar-refractivity contribution is 6.51. The van der Waals surface area contributed by atoms with Gasteiger partial charge < -0.3 is 14.6 Å². The molecule has 0 bridgehead atoms. The van der Waals surface area contributed by atoms with Gasteiger partial charge in [0.05, 0.1) is 30.9 Å². The molecule has 1 aliphatic heterocycles. The molecule has 1 unspecified atom stereocenters. The predicted octanol–water partition coefficient (Wildman–Crippen LogP) is 6.10. The van der Waals surface area contributed by atoms with Gasteiger partial charge in [-0.05, 0) is 72.9 Å². The summed E-state index contributed by atoms with van der Waals surface area (Å²) in [6.45, 7) is 9.94. The molecule has 4 rings (SSSR count). The number of benzene rings is 3. The number of ketones is 1. The van der Waals surface area contributed by atoms with Crippen LogP contribution in [0.5, 0.6) is 5.75 Å². The Bertz CT molecular complexity index is 1460. The lowest BCUT2D eigenvalue weighted by molar-refractivity contribution is -0.132. The Morgan fingerprint density at radius 3 is 2.21 bits per heavy atom. The van der Waals surface area contributed by atoms with Crippen molar-refractivity contribution in [1.29, 1.82) is 0 Å². The lowest BCUT2D eigenvalue weighted by Crippen LogP contribution is -2.29. The van der Waals surface area contributed by atoms with Gasteiger partial charge in [-0.3, -0.25) is 14.5 Å². The molecule has 39 heavy (non-hydrogen) atoms. The van der Waals surface area contributed by atoms with Gasteiger partial charge in [-0.15, -0.1) is 0 Å². The first-order chi connectivity index (χ1) is 18.5. The molecule has 1 N–H and O–H groups in total. The van der Waals surface area contributed by atoms with Crippen LogP contribution in [0.3, 0.4) is 0 Å². The largest absolute Gasteiger partial charge is 0.507 e. The summed E-state index contributed by atoms with van der Waals surface area (Å²) in [7, 11) is 1.58. The predicted molar refractivity (Wildman–Crippen MR) is 150 cm³/mol. The smallest absolute Gasteiger partial charge is 0.338 e.